The second-order valence-electron chi connectivity index (χ2n) is 8.19. The quantitative estimate of drug-likeness (QED) is 0.602. The number of thioether (sulfide) groups is 1. The zero-order valence-electron chi connectivity index (χ0n) is 18.2. The number of anilines is 1. The van der Waals surface area contributed by atoms with Gasteiger partial charge in [0.05, 0.1) is 18.1 Å². The Balaban J connectivity index is 1.84. The molecule has 3 rings (SSSR count). The molecule has 3 heterocycles. The number of furan rings is 1. The molecular weight excluding hydrogens is 386 g/mol. The predicted octanol–water partition coefficient (Wildman–Crippen LogP) is 4.04. The summed E-state index contributed by atoms with van der Waals surface area (Å²) in [6.45, 7) is 12.7. The van der Waals surface area contributed by atoms with Crippen molar-refractivity contribution in [2.24, 2.45) is 0 Å². The van der Waals surface area contributed by atoms with Gasteiger partial charge in [-0.3, -0.25) is 9.36 Å². The first-order chi connectivity index (χ1) is 13.9. The van der Waals surface area contributed by atoms with Gasteiger partial charge in [-0.15, -0.1) is 10.2 Å². The number of amides is 1. The van der Waals surface area contributed by atoms with E-state index in [0.717, 1.165) is 30.0 Å². The molecule has 1 unspecified atom stereocenters. The highest BCUT2D eigenvalue weighted by Crippen LogP contribution is 2.29. The van der Waals surface area contributed by atoms with Crippen LogP contribution in [-0.2, 0) is 11.3 Å². The molecule has 8 heteroatoms. The molecule has 0 N–H and O–H groups in total. The van der Waals surface area contributed by atoms with Crippen molar-refractivity contribution in [2.45, 2.75) is 82.9 Å². The average Bonchev–Trinajstić information content (AvgIpc) is 3.33. The lowest BCUT2D eigenvalue weighted by Crippen LogP contribution is -2.45. The van der Waals surface area contributed by atoms with Gasteiger partial charge in [-0.2, -0.15) is 0 Å². The lowest BCUT2D eigenvalue weighted by molar-refractivity contribution is -0.133. The molecule has 0 saturated carbocycles. The summed E-state index contributed by atoms with van der Waals surface area (Å²) in [6.07, 6.45) is 5.28. The SMILES string of the molecule is CC(Sc1nnc(N2CCCCC2)n1Cc1ccco1)C(=O)N(C(C)C)C(C)C. The summed E-state index contributed by atoms with van der Waals surface area (Å²) in [4.78, 5) is 17.3. The van der Waals surface area contributed by atoms with Crippen molar-refractivity contribution in [1.82, 2.24) is 19.7 Å². The first kappa shape index (κ1) is 21.7. The van der Waals surface area contributed by atoms with Gasteiger partial charge < -0.3 is 14.2 Å². The molecule has 1 atom stereocenters. The zero-order valence-corrected chi connectivity index (χ0v) is 19.0. The van der Waals surface area contributed by atoms with Crippen LogP contribution in [0.15, 0.2) is 28.0 Å². The second kappa shape index (κ2) is 9.69. The van der Waals surface area contributed by atoms with Gasteiger partial charge in [0.25, 0.3) is 0 Å². The molecule has 2 aromatic heterocycles. The van der Waals surface area contributed by atoms with Crippen LogP contribution in [0, 0.1) is 0 Å². The van der Waals surface area contributed by atoms with Crippen LogP contribution in [-0.4, -0.2) is 56.0 Å². The highest BCUT2D eigenvalue weighted by Gasteiger charge is 2.29. The van der Waals surface area contributed by atoms with Gasteiger partial charge in [0.1, 0.15) is 5.76 Å². The van der Waals surface area contributed by atoms with Gasteiger partial charge in [-0.1, -0.05) is 11.8 Å². The Kier molecular flexibility index (Phi) is 7.27. The van der Waals surface area contributed by atoms with Crippen LogP contribution in [0.4, 0.5) is 5.95 Å². The smallest absolute Gasteiger partial charge is 0.236 e. The van der Waals surface area contributed by atoms with Crippen LogP contribution in [0.5, 0.6) is 0 Å². The third-order valence-electron chi connectivity index (χ3n) is 5.23. The van der Waals surface area contributed by atoms with E-state index in [2.05, 4.69) is 47.4 Å². The summed E-state index contributed by atoms with van der Waals surface area (Å²) in [5.41, 5.74) is 0. The van der Waals surface area contributed by atoms with Gasteiger partial charge in [0.15, 0.2) is 5.16 Å². The Bertz CT molecular complexity index is 773. The monoisotopic (exact) mass is 419 g/mol. The molecule has 1 saturated heterocycles. The fourth-order valence-electron chi connectivity index (χ4n) is 3.92. The molecule has 0 radical (unpaired) electrons. The van der Waals surface area contributed by atoms with E-state index in [1.54, 1.807) is 6.26 Å². The summed E-state index contributed by atoms with van der Waals surface area (Å²) < 4.78 is 7.67. The summed E-state index contributed by atoms with van der Waals surface area (Å²) in [7, 11) is 0. The van der Waals surface area contributed by atoms with Crippen molar-refractivity contribution in [3.63, 3.8) is 0 Å². The number of aromatic nitrogens is 3. The zero-order chi connectivity index (χ0) is 21.0. The van der Waals surface area contributed by atoms with Gasteiger partial charge in [-0.25, -0.2) is 0 Å². The molecule has 29 heavy (non-hydrogen) atoms. The number of carbonyl (C=O) groups excluding carboxylic acids is 1. The molecule has 1 aliphatic heterocycles. The normalized spacial score (nSPS) is 15.9. The molecule has 160 valence electrons. The Morgan fingerprint density at radius 1 is 1.14 bits per heavy atom. The highest BCUT2D eigenvalue weighted by molar-refractivity contribution is 8.00. The lowest BCUT2D eigenvalue weighted by atomic mass is 10.1. The van der Waals surface area contributed by atoms with E-state index >= 15 is 0 Å². The van der Waals surface area contributed by atoms with E-state index in [1.165, 1.54) is 31.0 Å². The topological polar surface area (TPSA) is 67.4 Å². The van der Waals surface area contributed by atoms with E-state index in [4.69, 9.17) is 4.42 Å². The fourth-order valence-corrected chi connectivity index (χ4v) is 4.82. The van der Waals surface area contributed by atoms with Crippen molar-refractivity contribution in [3.05, 3.63) is 24.2 Å². The summed E-state index contributed by atoms with van der Waals surface area (Å²) in [6, 6.07) is 4.18. The fraction of sp³-hybridized carbons (Fsp3) is 0.667. The number of hydrogen-bond donors (Lipinski definition) is 0. The van der Waals surface area contributed by atoms with Gasteiger partial charge >= 0.3 is 0 Å². The van der Waals surface area contributed by atoms with Crippen molar-refractivity contribution in [3.8, 4) is 0 Å². The first-order valence-electron chi connectivity index (χ1n) is 10.6. The number of carbonyl (C=O) groups is 1. The first-order valence-corrected chi connectivity index (χ1v) is 11.5. The predicted molar refractivity (Wildman–Crippen MR) is 116 cm³/mol. The maximum Gasteiger partial charge on any atom is 0.236 e. The van der Waals surface area contributed by atoms with Gasteiger partial charge in [0, 0.05) is 25.2 Å². The van der Waals surface area contributed by atoms with Gasteiger partial charge in [-0.05, 0) is 66.0 Å². The standard InChI is InChI=1S/C21H33N5O2S/c1-15(2)26(16(3)4)19(27)17(5)29-21-23-22-20(24-11-7-6-8-12-24)25(21)14-18-10-9-13-28-18/h9-10,13,15-17H,6-8,11-12,14H2,1-5H3. The average molecular weight is 420 g/mol. The minimum absolute atomic E-state index is 0.132. The molecule has 0 spiro atoms. The van der Waals surface area contributed by atoms with Crippen molar-refractivity contribution in [1.29, 1.82) is 0 Å². The van der Waals surface area contributed by atoms with Crippen LogP contribution in [0.3, 0.4) is 0 Å². The second-order valence-corrected chi connectivity index (χ2v) is 9.50. The van der Waals surface area contributed by atoms with Crippen molar-refractivity contribution >= 4 is 23.6 Å². The van der Waals surface area contributed by atoms with Crippen LogP contribution in [0.2, 0.25) is 0 Å². The van der Waals surface area contributed by atoms with Gasteiger partial charge in [0.2, 0.25) is 11.9 Å². The van der Waals surface area contributed by atoms with E-state index < -0.39 is 0 Å². The van der Waals surface area contributed by atoms with Crippen molar-refractivity contribution in [2.75, 3.05) is 18.0 Å². The molecule has 1 amide bonds. The lowest BCUT2D eigenvalue weighted by Gasteiger charge is -2.32. The molecule has 0 aliphatic carbocycles. The minimum atomic E-state index is -0.242. The summed E-state index contributed by atoms with van der Waals surface area (Å²) in [5.74, 6) is 1.86. The van der Waals surface area contributed by atoms with Crippen LogP contribution >= 0.6 is 11.8 Å². The van der Waals surface area contributed by atoms with Crippen molar-refractivity contribution < 1.29 is 9.21 Å². The molecular formula is C21H33N5O2S. The third kappa shape index (κ3) is 5.15. The highest BCUT2D eigenvalue weighted by atomic mass is 32.2. The Morgan fingerprint density at radius 3 is 2.41 bits per heavy atom. The molecule has 1 fully saturated rings. The third-order valence-corrected chi connectivity index (χ3v) is 6.30. The van der Waals surface area contributed by atoms with E-state index in [9.17, 15) is 4.79 Å². The number of piperidine rings is 1. The molecule has 0 aromatic carbocycles. The molecule has 0 bridgehead atoms. The summed E-state index contributed by atoms with van der Waals surface area (Å²) in [5, 5.41) is 9.48. The van der Waals surface area contributed by atoms with Crippen LogP contribution < -0.4 is 4.90 Å². The molecule has 1 aliphatic rings. The van der Waals surface area contributed by atoms with Crippen LogP contribution in [0.1, 0.15) is 59.6 Å². The minimum Gasteiger partial charge on any atom is -0.467 e. The Hall–Kier alpha value is -1.96. The number of hydrogen-bond acceptors (Lipinski definition) is 6. The maximum absolute atomic E-state index is 13.1. The Labute approximate surface area is 177 Å². The van der Waals surface area contributed by atoms with E-state index in [1.807, 2.05) is 24.0 Å². The summed E-state index contributed by atoms with van der Waals surface area (Å²) >= 11 is 1.48. The molecule has 7 nitrogen and oxygen atoms in total. The maximum atomic E-state index is 13.1. The van der Waals surface area contributed by atoms with E-state index in [-0.39, 0.29) is 23.2 Å². The largest absolute Gasteiger partial charge is 0.467 e. The van der Waals surface area contributed by atoms with E-state index in [0.29, 0.717) is 6.54 Å². The number of rotatable bonds is 8. The van der Waals surface area contributed by atoms with Crippen LogP contribution in [0.25, 0.3) is 0 Å². The molecule has 2 aromatic rings. The number of nitrogens with zero attached hydrogens (tertiary/aromatic N) is 5. The Morgan fingerprint density at radius 2 is 1.83 bits per heavy atom.